The predicted octanol–water partition coefficient (Wildman–Crippen LogP) is 14.6. The molecule has 0 rings (SSSR count). The zero-order valence-electron chi connectivity index (χ0n) is 36.1. The van der Waals surface area contributed by atoms with Gasteiger partial charge in [-0.1, -0.05) is 214 Å². The van der Waals surface area contributed by atoms with E-state index in [4.69, 9.17) is 14.2 Å². The summed E-state index contributed by atoms with van der Waals surface area (Å²) in [6.07, 6.45) is 38.2. The summed E-state index contributed by atoms with van der Waals surface area (Å²) < 4.78 is 16.7. The molecule has 0 amide bonds. The lowest BCUT2D eigenvalue weighted by molar-refractivity contribution is -0.167. The zero-order valence-corrected chi connectivity index (χ0v) is 36.1. The van der Waals surface area contributed by atoms with Crippen molar-refractivity contribution >= 4 is 17.9 Å². The van der Waals surface area contributed by atoms with Crippen LogP contribution in [0.5, 0.6) is 0 Å². The Kier molecular flexibility index (Phi) is 38.9. The van der Waals surface area contributed by atoms with Crippen molar-refractivity contribution in [3.63, 3.8) is 0 Å². The molecule has 0 bridgehead atoms. The van der Waals surface area contributed by atoms with Crippen molar-refractivity contribution < 1.29 is 28.6 Å². The Morgan fingerprint density at radius 3 is 0.925 bits per heavy atom. The highest BCUT2D eigenvalue weighted by atomic mass is 16.6. The highest BCUT2D eigenvalue weighted by Gasteiger charge is 2.19. The third kappa shape index (κ3) is 41.4. The maximum Gasteiger partial charge on any atom is 0.306 e. The maximum atomic E-state index is 12.7. The van der Waals surface area contributed by atoms with Crippen molar-refractivity contribution in [3.05, 3.63) is 0 Å². The second kappa shape index (κ2) is 40.1. The molecule has 6 nitrogen and oxygen atoms in total. The van der Waals surface area contributed by atoms with Gasteiger partial charge in [-0.25, -0.2) is 0 Å². The molecule has 0 aromatic carbocycles. The monoisotopic (exact) mass is 751 g/mol. The zero-order chi connectivity index (χ0) is 39.0. The summed E-state index contributed by atoms with van der Waals surface area (Å²) in [6.45, 7) is 11.3. The van der Waals surface area contributed by atoms with E-state index in [0.717, 1.165) is 69.6 Å². The molecule has 0 unspecified atom stereocenters. The van der Waals surface area contributed by atoms with E-state index in [1.165, 1.54) is 141 Å². The number of unbranched alkanes of at least 4 members (excludes halogenated alkanes) is 26. The maximum absolute atomic E-state index is 12.7. The molecule has 0 N–H and O–H groups in total. The molecule has 0 radical (unpaired) electrons. The fraction of sp³-hybridized carbons (Fsp3) is 0.936. The predicted molar refractivity (Wildman–Crippen MR) is 224 cm³/mol. The summed E-state index contributed by atoms with van der Waals surface area (Å²) in [4.78, 5) is 37.6. The summed E-state index contributed by atoms with van der Waals surface area (Å²) in [5.41, 5.74) is 0. The van der Waals surface area contributed by atoms with E-state index in [-0.39, 0.29) is 31.1 Å². The fourth-order valence-electron chi connectivity index (χ4n) is 6.93. The van der Waals surface area contributed by atoms with Gasteiger partial charge >= 0.3 is 17.9 Å². The number of hydrogen-bond acceptors (Lipinski definition) is 6. The lowest BCUT2D eigenvalue weighted by atomic mass is 10.0. The Morgan fingerprint density at radius 2 is 0.623 bits per heavy atom. The average molecular weight is 751 g/mol. The van der Waals surface area contributed by atoms with Crippen LogP contribution in [0.4, 0.5) is 0 Å². The first-order chi connectivity index (χ1) is 25.7. The van der Waals surface area contributed by atoms with Gasteiger partial charge in [0.25, 0.3) is 0 Å². The largest absolute Gasteiger partial charge is 0.462 e. The van der Waals surface area contributed by atoms with E-state index in [2.05, 4.69) is 34.6 Å². The molecule has 0 aliphatic carbocycles. The smallest absolute Gasteiger partial charge is 0.306 e. The van der Waals surface area contributed by atoms with Crippen molar-refractivity contribution in [1.29, 1.82) is 0 Å². The number of rotatable bonds is 41. The van der Waals surface area contributed by atoms with Crippen LogP contribution in [0.15, 0.2) is 0 Å². The van der Waals surface area contributed by atoms with Crippen molar-refractivity contribution in [1.82, 2.24) is 0 Å². The Hall–Kier alpha value is -1.59. The number of ether oxygens (including phenoxy) is 3. The van der Waals surface area contributed by atoms with Gasteiger partial charge in [-0.2, -0.15) is 0 Å². The number of carbonyl (C=O) groups is 3. The second-order valence-electron chi connectivity index (χ2n) is 17.0. The number of esters is 3. The first kappa shape index (κ1) is 51.4. The molecule has 0 heterocycles. The minimum absolute atomic E-state index is 0.0656. The molecule has 314 valence electrons. The molecule has 0 spiro atoms. The van der Waals surface area contributed by atoms with Crippen molar-refractivity contribution in [2.24, 2.45) is 11.8 Å². The molecule has 0 aliphatic rings. The number of hydrogen-bond donors (Lipinski definition) is 0. The van der Waals surface area contributed by atoms with E-state index in [1.54, 1.807) is 0 Å². The van der Waals surface area contributed by atoms with Gasteiger partial charge < -0.3 is 14.2 Å². The van der Waals surface area contributed by atoms with E-state index < -0.39 is 6.10 Å². The molecular weight excluding hydrogens is 661 g/mol. The Labute approximate surface area is 329 Å². The van der Waals surface area contributed by atoms with Gasteiger partial charge in [-0.15, -0.1) is 0 Å². The molecule has 1 atom stereocenters. The lowest BCUT2D eigenvalue weighted by Crippen LogP contribution is -2.30. The SMILES string of the molecule is CCCCCCCCCCCCC(=O)OC[C@H](COC(=O)CCCCCCCCCCCCCCCC(C)C)OC(=O)CCCCCCCCC(C)C. The second-order valence-corrected chi connectivity index (χ2v) is 17.0. The molecule has 0 aromatic heterocycles. The Balaban J connectivity index is 4.26. The molecule has 0 aliphatic heterocycles. The minimum atomic E-state index is -0.760. The van der Waals surface area contributed by atoms with Gasteiger partial charge in [-0.3, -0.25) is 14.4 Å². The summed E-state index contributed by atoms with van der Waals surface area (Å²) >= 11 is 0. The van der Waals surface area contributed by atoms with Gasteiger partial charge in [0.2, 0.25) is 0 Å². The third-order valence-corrected chi connectivity index (χ3v) is 10.5. The van der Waals surface area contributed by atoms with Crippen molar-refractivity contribution in [3.8, 4) is 0 Å². The average Bonchev–Trinajstić information content (AvgIpc) is 3.12. The van der Waals surface area contributed by atoms with Crippen LogP contribution in [-0.4, -0.2) is 37.2 Å². The van der Waals surface area contributed by atoms with E-state index in [0.29, 0.717) is 19.3 Å². The van der Waals surface area contributed by atoms with Crippen molar-refractivity contribution in [2.45, 2.75) is 259 Å². The van der Waals surface area contributed by atoms with Crippen LogP contribution in [0.1, 0.15) is 253 Å². The first-order valence-electron chi connectivity index (χ1n) is 23.2. The molecule has 53 heavy (non-hydrogen) atoms. The Bertz CT molecular complexity index is 809. The standard InChI is InChI=1S/C47H90O6/c1-6-7-8-9-10-11-18-21-27-32-37-45(48)51-40-44(53-47(50)39-34-29-24-23-26-31-36-43(4)5)41-52-46(49)38-33-28-22-19-16-14-12-13-15-17-20-25-30-35-42(2)3/h42-44H,6-41H2,1-5H3/t44-/m1/s1. The van der Waals surface area contributed by atoms with Crippen LogP contribution < -0.4 is 0 Å². The molecule has 0 fully saturated rings. The van der Waals surface area contributed by atoms with E-state index >= 15 is 0 Å². The van der Waals surface area contributed by atoms with Gasteiger partial charge in [0.15, 0.2) is 6.10 Å². The summed E-state index contributed by atoms with van der Waals surface area (Å²) in [5, 5.41) is 0. The fourth-order valence-corrected chi connectivity index (χ4v) is 6.93. The molecular formula is C47H90O6. The topological polar surface area (TPSA) is 78.9 Å². The summed E-state index contributed by atoms with van der Waals surface area (Å²) in [7, 11) is 0. The third-order valence-electron chi connectivity index (χ3n) is 10.5. The van der Waals surface area contributed by atoms with Gasteiger partial charge in [0.05, 0.1) is 0 Å². The van der Waals surface area contributed by atoms with Crippen LogP contribution >= 0.6 is 0 Å². The highest BCUT2D eigenvalue weighted by molar-refractivity contribution is 5.71. The van der Waals surface area contributed by atoms with Crippen LogP contribution in [0.3, 0.4) is 0 Å². The summed E-state index contributed by atoms with van der Waals surface area (Å²) in [5.74, 6) is 0.737. The van der Waals surface area contributed by atoms with Crippen LogP contribution in [-0.2, 0) is 28.6 Å². The molecule has 0 aromatic rings. The molecule has 6 heteroatoms. The molecule has 0 saturated carbocycles. The van der Waals surface area contributed by atoms with E-state index in [9.17, 15) is 14.4 Å². The Morgan fingerprint density at radius 1 is 0.358 bits per heavy atom. The van der Waals surface area contributed by atoms with Gasteiger partial charge in [0, 0.05) is 19.3 Å². The van der Waals surface area contributed by atoms with Crippen molar-refractivity contribution in [2.75, 3.05) is 13.2 Å². The highest BCUT2D eigenvalue weighted by Crippen LogP contribution is 2.16. The lowest BCUT2D eigenvalue weighted by Gasteiger charge is -2.18. The number of carbonyl (C=O) groups excluding carboxylic acids is 3. The molecule has 0 saturated heterocycles. The summed E-state index contributed by atoms with van der Waals surface area (Å²) in [6, 6.07) is 0. The van der Waals surface area contributed by atoms with Gasteiger partial charge in [0.1, 0.15) is 13.2 Å². The van der Waals surface area contributed by atoms with Crippen LogP contribution in [0.2, 0.25) is 0 Å². The van der Waals surface area contributed by atoms with Gasteiger partial charge in [-0.05, 0) is 31.1 Å². The first-order valence-corrected chi connectivity index (χ1v) is 23.2. The van der Waals surface area contributed by atoms with Crippen LogP contribution in [0, 0.1) is 11.8 Å². The normalized spacial score (nSPS) is 12.1. The minimum Gasteiger partial charge on any atom is -0.462 e. The van der Waals surface area contributed by atoms with Crippen LogP contribution in [0.25, 0.3) is 0 Å². The quantitative estimate of drug-likeness (QED) is 0.0352. The van der Waals surface area contributed by atoms with E-state index in [1.807, 2.05) is 0 Å².